The van der Waals surface area contributed by atoms with Gasteiger partial charge in [-0.2, -0.15) is 13.2 Å². The number of carbonyl (C=O) groups is 1. The van der Waals surface area contributed by atoms with Crippen LogP contribution in [-0.2, 0) is 17.8 Å². The lowest BCUT2D eigenvalue weighted by molar-refractivity contribution is -0.170. The normalized spacial score (nSPS) is 12.0. The van der Waals surface area contributed by atoms with Crippen molar-refractivity contribution in [2.75, 3.05) is 6.61 Å². The molecule has 2 aromatic rings. The van der Waals surface area contributed by atoms with Crippen LogP contribution in [0.25, 0.3) is 11.0 Å². The largest absolute Gasteiger partial charge is 0.450 e. The summed E-state index contributed by atoms with van der Waals surface area (Å²) in [6, 6.07) is 6.74. The molecule has 0 saturated carbocycles. The number of carbonyl (C=O) groups excluding carboxylic acids is 1. The zero-order chi connectivity index (χ0) is 14.0. The summed E-state index contributed by atoms with van der Waals surface area (Å²) in [6.45, 7) is -0.144. The number of para-hydroxylation sites is 2. The highest BCUT2D eigenvalue weighted by Crippen LogP contribution is 2.21. The van der Waals surface area contributed by atoms with E-state index in [1.165, 1.54) is 4.57 Å². The van der Waals surface area contributed by atoms with Crippen LogP contribution in [0.1, 0.15) is 5.82 Å². The second kappa shape index (κ2) is 5.00. The fourth-order valence-electron chi connectivity index (χ4n) is 1.85. The van der Waals surface area contributed by atoms with Crippen molar-refractivity contribution in [2.45, 2.75) is 19.1 Å². The first-order chi connectivity index (χ1) is 8.93. The standard InChI is InChI=1S/C12H11F3N2O2/c13-12(14,15)10(19)7-11-16-8-3-1-2-4-9(8)17(11)5-6-18/h1-4,18H,5-7H2. The monoisotopic (exact) mass is 272 g/mol. The average Bonchev–Trinajstić information content (AvgIpc) is 2.67. The van der Waals surface area contributed by atoms with Gasteiger partial charge < -0.3 is 9.67 Å². The van der Waals surface area contributed by atoms with Crippen molar-refractivity contribution in [1.82, 2.24) is 9.55 Å². The van der Waals surface area contributed by atoms with Crippen molar-refractivity contribution in [3.63, 3.8) is 0 Å². The Morgan fingerprint density at radius 3 is 2.63 bits per heavy atom. The second-order valence-corrected chi connectivity index (χ2v) is 3.99. The summed E-state index contributed by atoms with van der Waals surface area (Å²) in [5.74, 6) is -1.83. The fourth-order valence-corrected chi connectivity index (χ4v) is 1.85. The molecule has 1 N–H and O–H groups in total. The van der Waals surface area contributed by atoms with Crippen molar-refractivity contribution in [3.8, 4) is 0 Å². The highest BCUT2D eigenvalue weighted by atomic mass is 19.4. The van der Waals surface area contributed by atoms with E-state index in [1.807, 2.05) is 0 Å². The molecular formula is C12H11F3N2O2. The Balaban J connectivity index is 2.42. The van der Waals surface area contributed by atoms with Crippen LogP contribution in [0, 0.1) is 0 Å². The average molecular weight is 272 g/mol. The number of benzene rings is 1. The van der Waals surface area contributed by atoms with Gasteiger partial charge >= 0.3 is 6.18 Å². The molecule has 1 aromatic carbocycles. The summed E-state index contributed by atoms with van der Waals surface area (Å²) in [5.41, 5.74) is 1.10. The molecule has 0 spiro atoms. The maximum atomic E-state index is 12.3. The lowest BCUT2D eigenvalue weighted by Gasteiger charge is -2.08. The van der Waals surface area contributed by atoms with E-state index in [-0.39, 0.29) is 19.0 Å². The lowest BCUT2D eigenvalue weighted by atomic mass is 10.2. The number of aromatic nitrogens is 2. The quantitative estimate of drug-likeness (QED) is 0.921. The third-order valence-corrected chi connectivity index (χ3v) is 2.69. The molecule has 0 aliphatic carbocycles. The number of ketones is 1. The third-order valence-electron chi connectivity index (χ3n) is 2.69. The van der Waals surface area contributed by atoms with Gasteiger partial charge in [-0.05, 0) is 12.1 Å². The van der Waals surface area contributed by atoms with Gasteiger partial charge in [-0.15, -0.1) is 0 Å². The fraction of sp³-hybridized carbons (Fsp3) is 0.333. The number of imidazole rings is 1. The Morgan fingerprint density at radius 1 is 1.32 bits per heavy atom. The van der Waals surface area contributed by atoms with Crippen molar-refractivity contribution in [1.29, 1.82) is 0 Å². The van der Waals surface area contributed by atoms with Gasteiger partial charge in [0.25, 0.3) is 0 Å². The molecule has 7 heteroatoms. The van der Waals surface area contributed by atoms with E-state index in [1.54, 1.807) is 24.3 Å². The first-order valence-electron chi connectivity index (χ1n) is 5.58. The predicted molar refractivity (Wildman–Crippen MR) is 61.6 cm³/mol. The van der Waals surface area contributed by atoms with Crippen molar-refractivity contribution < 1.29 is 23.1 Å². The number of aliphatic hydroxyl groups excluding tert-OH is 1. The predicted octanol–water partition coefficient (Wildman–Crippen LogP) is 1.70. The molecule has 0 aliphatic rings. The molecule has 2 rings (SSSR count). The van der Waals surface area contributed by atoms with E-state index >= 15 is 0 Å². The maximum Gasteiger partial charge on any atom is 0.450 e. The lowest BCUT2D eigenvalue weighted by Crippen LogP contribution is -2.26. The van der Waals surface area contributed by atoms with Crippen LogP contribution < -0.4 is 0 Å². The van der Waals surface area contributed by atoms with Crippen LogP contribution in [-0.4, -0.2) is 33.2 Å². The van der Waals surface area contributed by atoms with Gasteiger partial charge in [0.1, 0.15) is 5.82 Å². The number of fused-ring (bicyclic) bond motifs is 1. The zero-order valence-corrected chi connectivity index (χ0v) is 9.81. The van der Waals surface area contributed by atoms with E-state index in [0.717, 1.165) is 0 Å². The van der Waals surface area contributed by atoms with Crippen LogP contribution in [0.2, 0.25) is 0 Å². The SMILES string of the molecule is O=C(Cc1nc2ccccc2n1CCO)C(F)(F)F. The minimum Gasteiger partial charge on any atom is -0.395 e. The van der Waals surface area contributed by atoms with E-state index < -0.39 is 18.4 Å². The molecule has 1 aromatic heterocycles. The van der Waals surface area contributed by atoms with Gasteiger partial charge in [0.05, 0.1) is 24.1 Å². The number of Topliss-reactive ketones (excluding diaryl/α,β-unsaturated/α-hetero) is 1. The highest BCUT2D eigenvalue weighted by molar-refractivity contribution is 5.86. The summed E-state index contributed by atoms with van der Waals surface area (Å²) in [7, 11) is 0. The van der Waals surface area contributed by atoms with E-state index in [9.17, 15) is 18.0 Å². The number of hydrogen-bond donors (Lipinski definition) is 1. The molecule has 0 unspecified atom stereocenters. The Labute approximate surface area is 106 Å². The van der Waals surface area contributed by atoms with Crippen LogP contribution in [0.5, 0.6) is 0 Å². The smallest absolute Gasteiger partial charge is 0.395 e. The third kappa shape index (κ3) is 2.76. The number of hydrogen-bond acceptors (Lipinski definition) is 3. The molecule has 1 heterocycles. The first kappa shape index (κ1) is 13.5. The maximum absolute atomic E-state index is 12.3. The van der Waals surface area contributed by atoms with E-state index in [4.69, 9.17) is 5.11 Å². The summed E-state index contributed by atoms with van der Waals surface area (Å²) < 4.78 is 38.2. The van der Waals surface area contributed by atoms with Crippen LogP contribution in [0.4, 0.5) is 13.2 Å². The van der Waals surface area contributed by atoms with Crippen LogP contribution in [0.3, 0.4) is 0 Å². The summed E-state index contributed by atoms with van der Waals surface area (Å²) in [6.07, 6.45) is -5.69. The van der Waals surface area contributed by atoms with Gasteiger partial charge in [-0.1, -0.05) is 12.1 Å². The minimum atomic E-state index is -4.87. The van der Waals surface area contributed by atoms with Crippen molar-refractivity contribution >= 4 is 16.8 Å². The molecule has 0 bridgehead atoms. The summed E-state index contributed by atoms with van der Waals surface area (Å²) in [4.78, 5) is 15.0. The molecular weight excluding hydrogens is 261 g/mol. The van der Waals surface area contributed by atoms with Gasteiger partial charge in [-0.3, -0.25) is 4.79 Å². The van der Waals surface area contributed by atoms with Crippen molar-refractivity contribution in [3.05, 3.63) is 30.1 Å². The Bertz CT molecular complexity index is 605. The number of alkyl halides is 3. The van der Waals surface area contributed by atoms with Crippen LogP contribution >= 0.6 is 0 Å². The molecule has 0 radical (unpaired) electrons. The molecule has 0 atom stereocenters. The molecule has 19 heavy (non-hydrogen) atoms. The molecule has 102 valence electrons. The number of rotatable bonds is 4. The first-order valence-corrected chi connectivity index (χ1v) is 5.58. The van der Waals surface area contributed by atoms with Crippen molar-refractivity contribution in [2.24, 2.45) is 0 Å². The summed E-state index contributed by atoms with van der Waals surface area (Å²) in [5, 5.41) is 8.96. The highest BCUT2D eigenvalue weighted by Gasteiger charge is 2.38. The zero-order valence-electron chi connectivity index (χ0n) is 9.81. The molecule has 0 saturated heterocycles. The Morgan fingerprint density at radius 2 is 2.00 bits per heavy atom. The Kier molecular flexibility index (Phi) is 3.57. The second-order valence-electron chi connectivity index (χ2n) is 3.99. The molecule has 0 aliphatic heterocycles. The van der Waals surface area contributed by atoms with E-state index in [2.05, 4.69) is 4.98 Å². The number of halogens is 3. The molecule has 0 fully saturated rings. The topological polar surface area (TPSA) is 55.1 Å². The van der Waals surface area contributed by atoms with E-state index in [0.29, 0.717) is 11.0 Å². The Hall–Kier alpha value is -1.89. The van der Waals surface area contributed by atoms with Gasteiger partial charge in [0, 0.05) is 6.54 Å². The van der Waals surface area contributed by atoms with Crippen LogP contribution in [0.15, 0.2) is 24.3 Å². The van der Waals surface area contributed by atoms with Gasteiger partial charge in [-0.25, -0.2) is 4.98 Å². The molecule has 0 amide bonds. The minimum absolute atomic E-state index is 0.0116. The number of nitrogens with zero attached hydrogens (tertiary/aromatic N) is 2. The van der Waals surface area contributed by atoms with Gasteiger partial charge in [0.15, 0.2) is 0 Å². The van der Waals surface area contributed by atoms with Gasteiger partial charge in [0.2, 0.25) is 5.78 Å². The number of aliphatic hydroxyl groups is 1. The summed E-state index contributed by atoms with van der Waals surface area (Å²) >= 11 is 0. The molecule has 4 nitrogen and oxygen atoms in total.